The summed E-state index contributed by atoms with van der Waals surface area (Å²) in [6.07, 6.45) is 0.999. The minimum Gasteiger partial charge on any atom is -0.468 e. The van der Waals surface area contributed by atoms with Gasteiger partial charge in [0.05, 0.1) is 13.7 Å². The maximum atomic E-state index is 12.3. The molecule has 1 atom stereocenters. The molecule has 0 amide bonds. The molecule has 0 aromatic carbocycles. The first-order valence-electron chi connectivity index (χ1n) is 6.31. The fraction of sp³-hybridized carbons (Fsp3) is 0.818. The van der Waals surface area contributed by atoms with Gasteiger partial charge >= 0.3 is 11.9 Å². The van der Waals surface area contributed by atoms with Crippen molar-refractivity contribution in [2.75, 3.05) is 33.9 Å². The Morgan fingerprint density at radius 2 is 2.05 bits per heavy atom. The number of carbonyl (C=O) groups is 2. The minimum atomic E-state index is -3.89. The van der Waals surface area contributed by atoms with Crippen molar-refractivity contribution in [2.45, 2.75) is 25.8 Å². The van der Waals surface area contributed by atoms with E-state index in [-0.39, 0.29) is 13.2 Å². The standard InChI is InChI=1S/C11H20N2O6S/c1-4-19-11(15)9-6-5-7-13(9)20(16,17)12(2)8-10(14)18-3/h9H,4-8H2,1-3H3. The highest BCUT2D eigenvalue weighted by molar-refractivity contribution is 7.86. The monoisotopic (exact) mass is 308 g/mol. The number of methoxy groups -OCH3 is 1. The fourth-order valence-corrected chi connectivity index (χ4v) is 3.50. The molecule has 1 saturated heterocycles. The molecule has 0 N–H and O–H groups in total. The van der Waals surface area contributed by atoms with Gasteiger partial charge in [0.2, 0.25) is 0 Å². The number of hydrogen-bond acceptors (Lipinski definition) is 6. The summed E-state index contributed by atoms with van der Waals surface area (Å²) in [5.74, 6) is -1.22. The molecule has 1 fully saturated rings. The second-order valence-corrected chi connectivity index (χ2v) is 6.35. The number of hydrogen-bond donors (Lipinski definition) is 0. The number of carbonyl (C=O) groups excluding carboxylic acids is 2. The molecule has 0 spiro atoms. The van der Waals surface area contributed by atoms with Crippen LogP contribution < -0.4 is 0 Å². The molecule has 0 aliphatic carbocycles. The van der Waals surface area contributed by atoms with E-state index >= 15 is 0 Å². The van der Waals surface area contributed by atoms with Crippen molar-refractivity contribution in [3.8, 4) is 0 Å². The van der Waals surface area contributed by atoms with Crippen LogP contribution in [0.3, 0.4) is 0 Å². The Balaban J connectivity index is 2.84. The molecule has 116 valence electrons. The summed E-state index contributed by atoms with van der Waals surface area (Å²) in [7, 11) is -1.44. The summed E-state index contributed by atoms with van der Waals surface area (Å²) in [6, 6.07) is -0.819. The van der Waals surface area contributed by atoms with E-state index in [1.54, 1.807) is 6.92 Å². The summed E-state index contributed by atoms with van der Waals surface area (Å²) >= 11 is 0. The van der Waals surface area contributed by atoms with Crippen molar-refractivity contribution >= 4 is 22.1 Å². The molecule has 0 bridgehead atoms. The molecule has 8 nitrogen and oxygen atoms in total. The van der Waals surface area contributed by atoms with Gasteiger partial charge in [0.1, 0.15) is 12.6 Å². The van der Waals surface area contributed by atoms with Crippen LogP contribution in [0, 0.1) is 0 Å². The Labute approximate surface area is 118 Å². The Bertz CT molecular complexity index is 464. The third-order valence-corrected chi connectivity index (χ3v) is 4.98. The molecule has 1 unspecified atom stereocenters. The van der Waals surface area contributed by atoms with Gasteiger partial charge in [-0.1, -0.05) is 0 Å². The van der Waals surface area contributed by atoms with Crippen molar-refractivity contribution in [1.29, 1.82) is 0 Å². The van der Waals surface area contributed by atoms with E-state index in [0.717, 1.165) is 8.61 Å². The van der Waals surface area contributed by atoms with E-state index in [1.807, 2.05) is 0 Å². The lowest BCUT2D eigenvalue weighted by Gasteiger charge is -2.27. The van der Waals surface area contributed by atoms with E-state index in [2.05, 4.69) is 4.74 Å². The summed E-state index contributed by atoms with van der Waals surface area (Å²) in [5.41, 5.74) is 0. The third kappa shape index (κ3) is 3.68. The third-order valence-electron chi connectivity index (χ3n) is 3.03. The molecule has 0 aromatic rings. The van der Waals surface area contributed by atoms with Gasteiger partial charge in [0.15, 0.2) is 0 Å². The molecule has 1 heterocycles. The van der Waals surface area contributed by atoms with Crippen LogP contribution in [0.15, 0.2) is 0 Å². The SMILES string of the molecule is CCOC(=O)C1CCCN1S(=O)(=O)N(C)CC(=O)OC. The minimum absolute atomic E-state index is 0.196. The molecular weight excluding hydrogens is 288 g/mol. The predicted molar refractivity (Wildman–Crippen MR) is 69.9 cm³/mol. The van der Waals surface area contributed by atoms with Crippen LogP contribution in [0.1, 0.15) is 19.8 Å². The summed E-state index contributed by atoms with van der Waals surface area (Å²) in [4.78, 5) is 22.9. The summed E-state index contributed by atoms with van der Waals surface area (Å²) in [6.45, 7) is 1.69. The largest absolute Gasteiger partial charge is 0.468 e. The first-order chi connectivity index (χ1) is 9.34. The molecule has 1 rings (SSSR count). The van der Waals surface area contributed by atoms with Crippen LogP contribution >= 0.6 is 0 Å². The highest BCUT2D eigenvalue weighted by Crippen LogP contribution is 2.23. The zero-order valence-corrected chi connectivity index (χ0v) is 12.7. The maximum absolute atomic E-state index is 12.3. The zero-order chi connectivity index (χ0) is 15.3. The van der Waals surface area contributed by atoms with Crippen LogP contribution in [0.25, 0.3) is 0 Å². The van der Waals surface area contributed by atoms with Crippen molar-refractivity contribution < 1.29 is 27.5 Å². The van der Waals surface area contributed by atoms with Gasteiger partial charge < -0.3 is 9.47 Å². The Kier molecular flexibility index (Phi) is 5.90. The quantitative estimate of drug-likeness (QED) is 0.606. The van der Waals surface area contributed by atoms with Crippen LogP contribution in [-0.4, -0.2) is 68.9 Å². The second-order valence-electron chi connectivity index (χ2n) is 4.36. The fourth-order valence-electron chi connectivity index (χ4n) is 2.00. The zero-order valence-electron chi connectivity index (χ0n) is 11.9. The van der Waals surface area contributed by atoms with Crippen LogP contribution in [-0.2, 0) is 29.3 Å². The number of nitrogens with zero attached hydrogens (tertiary/aromatic N) is 2. The predicted octanol–water partition coefficient (Wildman–Crippen LogP) is -0.636. The molecule has 1 aliphatic rings. The normalized spacial score (nSPS) is 20.1. The lowest BCUT2D eigenvalue weighted by Crippen LogP contribution is -2.48. The first-order valence-corrected chi connectivity index (χ1v) is 7.70. The second kappa shape index (κ2) is 7.00. The number of likely N-dealkylation sites (N-methyl/N-ethyl adjacent to an activating group) is 1. The topological polar surface area (TPSA) is 93.2 Å². The summed E-state index contributed by atoms with van der Waals surface area (Å²) in [5, 5.41) is 0. The lowest BCUT2D eigenvalue weighted by molar-refractivity contribution is -0.146. The lowest BCUT2D eigenvalue weighted by atomic mass is 10.2. The van der Waals surface area contributed by atoms with Crippen molar-refractivity contribution in [3.05, 3.63) is 0 Å². The van der Waals surface area contributed by atoms with E-state index in [4.69, 9.17) is 4.74 Å². The van der Waals surface area contributed by atoms with Gasteiger partial charge in [-0.2, -0.15) is 17.0 Å². The van der Waals surface area contributed by atoms with Gasteiger partial charge in [0, 0.05) is 13.6 Å². The van der Waals surface area contributed by atoms with Gasteiger partial charge in [-0.15, -0.1) is 0 Å². The first kappa shape index (κ1) is 16.9. The van der Waals surface area contributed by atoms with Crippen LogP contribution in [0.2, 0.25) is 0 Å². The van der Waals surface area contributed by atoms with Gasteiger partial charge in [-0.05, 0) is 19.8 Å². The Morgan fingerprint density at radius 1 is 1.40 bits per heavy atom. The molecule has 9 heteroatoms. The average Bonchev–Trinajstić information content (AvgIpc) is 2.88. The molecule has 0 aromatic heterocycles. The molecule has 0 saturated carbocycles. The van der Waals surface area contributed by atoms with Gasteiger partial charge in [-0.3, -0.25) is 9.59 Å². The van der Waals surface area contributed by atoms with E-state index in [0.29, 0.717) is 12.8 Å². The Morgan fingerprint density at radius 3 is 2.60 bits per heavy atom. The Hall–Kier alpha value is -1.19. The highest BCUT2D eigenvalue weighted by Gasteiger charge is 2.41. The molecule has 0 radical (unpaired) electrons. The van der Waals surface area contributed by atoms with Crippen LogP contribution in [0.4, 0.5) is 0 Å². The summed E-state index contributed by atoms with van der Waals surface area (Å²) < 4.78 is 35.9. The molecule has 1 aliphatic heterocycles. The van der Waals surface area contributed by atoms with E-state index < -0.39 is 34.7 Å². The van der Waals surface area contributed by atoms with Crippen molar-refractivity contribution in [2.24, 2.45) is 0 Å². The number of esters is 2. The maximum Gasteiger partial charge on any atom is 0.324 e. The van der Waals surface area contributed by atoms with Gasteiger partial charge in [0.25, 0.3) is 10.2 Å². The number of rotatable bonds is 6. The highest BCUT2D eigenvalue weighted by atomic mass is 32.2. The van der Waals surface area contributed by atoms with Crippen molar-refractivity contribution in [1.82, 2.24) is 8.61 Å². The number of ether oxygens (including phenoxy) is 2. The van der Waals surface area contributed by atoms with E-state index in [9.17, 15) is 18.0 Å². The van der Waals surface area contributed by atoms with E-state index in [1.165, 1.54) is 14.2 Å². The molecule has 20 heavy (non-hydrogen) atoms. The van der Waals surface area contributed by atoms with Crippen molar-refractivity contribution in [3.63, 3.8) is 0 Å². The smallest absolute Gasteiger partial charge is 0.324 e. The van der Waals surface area contributed by atoms with Crippen LogP contribution in [0.5, 0.6) is 0 Å². The molecular formula is C11H20N2O6S. The van der Waals surface area contributed by atoms with Gasteiger partial charge in [-0.25, -0.2) is 0 Å². The average molecular weight is 308 g/mol.